The van der Waals surface area contributed by atoms with Gasteiger partial charge in [-0.25, -0.2) is 8.78 Å². The summed E-state index contributed by atoms with van der Waals surface area (Å²) in [7, 11) is 1.50. The van der Waals surface area contributed by atoms with Crippen molar-refractivity contribution in [1.29, 1.82) is 0 Å². The van der Waals surface area contributed by atoms with Crippen molar-refractivity contribution >= 4 is 34.1 Å². The molecule has 240 valence electrons. The van der Waals surface area contributed by atoms with Crippen LogP contribution in [0.2, 0.25) is 0 Å². The number of nitrogens with one attached hydrogen (secondary N) is 2. The first-order valence-corrected chi connectivity index (χ1v) is 14.9. The summed E-state index contributed by atoms with van der Waals surface area (Å²) in [5, 5.41) is 5.81. The maximum absolute atomic E-state index is 15.3. The Bertz CT molecular complexity index is 1950. The molecule has 47 heavy (non-hydrogen) atoms. The number of anilines is 2. The summed E-state index contributed by atoms with van der Waals surface area (Å²) in [4.78, 5) is 30.3. The van der Waals surface area contributed by atoms with Crippen molar-refractivity contribution in [2.75, 3.05) is 24.4 Å². The van der Waals surface area contributed by atoms with Gasteiger partial charge in [-0.3, -0.25) is 19.0 Å². The summed E-state index contributed by atoms with van der Waals surface area (Å²) < 4.78 is 58.7. The van der Waals surface area contributed by atoms with E-state index < -0.39 is 35.5 Å². The van der Waals surface area contributed by atoms with Gasteiger partial charge >= 0.3 is 0 Å². The lowest BCUT2D eigenvalue weighted by molar-refractivity contribution is -0.131. The predicted molar refractivity (Wildman–Crippen MR) is 171 cm³/mol. The Labute approximate surface area is 268 Å². The van der Waals surface area contributed by atoms with Crippen LogP contribution in [0.1, 0.15) is 24.0 Å². The largest absolute Gasteiger partial charge is 0.493 e. The monoisotopic (exact) mass is 641 g/mol. The first kappa shape index (κ1) is 31.4. The number of aryl methyl sites for hydroxylation is 1. The van der Waals surface area contributed by atoms with Gasteiger partial charge in [-0.15, -0.1) is 0 Å². The number of fused-ring (bicyclic) bond motifs is 1. The topological polar surface area (TPSA) is 98.8 Å². The third-order valence-electron chi connectivity index (χ3n) is 7.89. The highest BCUT2D eigenvalue weighted by atomic mass is 19.1. The fraction of sp³-hybridized carbons (Fsp3) is 0.194. The molecule has 0 radical (unpaired) electrons. The number of nitrogens with zero attached hydrogens (tertiary/aromatic N) is 1. The van der Waals surface area contributed by atoms with E-state index in [0.717, 1.165) is 17.2 Å². The zero-order valence-electron chi connectivity index (χ0n) is 25.3. The Morgan fingerprint density at radius 3 is 2.23 bits per heavy atom. The van der Waals surface area contributed by atoms with E-state index in [1.807, 2.05) is 24.3 Å². The highest BCUT2D eigenvalue weighted by molar-refractivity contribution is 6.16. The van der Waals surface area contributed by atoms with Crippen LogP contribution in [0, 0.1) is 17.0 Å². The smallest absolute Gasteiger partial charge is 0.240 e. The van der Waals surface area contributed by atoms with E-state index in [0.29, 0.717) is 53.1 Å². The number of hydrogen-bond donors (Lipinski definition) is 2. The van der Waals surface area contributed by atoms with Gasteiger partial charge in [0.05, 0.1) is 19.3 Å². The Balaban J connectivity index is 1.14. The molecule has 0 bridgehead atoms. The minimum Gasteiger partial charge on any atom is -0.493 e. The van der Waals surface area contributed by atoms with Crippen molar-refractivity contribution in [3.05, 3.63) is 114 Å². The molecule has 4 aromatic carbocycles. The quantitative estimate of drug-likeness (QED) is 0.135. The van der Waals surface area contributed by atoms with Crippen molar-refractivity contribution in [3.8, 4) is 23.0 Å². The lowest BCUT2D eigenvalue weighted by atomic mass is 10.0. The molecule has 8 nitrogen and oxygen atoms in total. The molecule has 1 saturated carbocycles. The minimum atomic E-state index is -1.29. The highest BCUT2D eigenvalue weighted by Crippen LogP contribution is 2.47. The lowest BCUT2D eigenvalue weighted by Crippen LogP contribution is -2.35. The Morgan fingerprint density at radius 2 is 1.53 bits per heavy atom. The SMILES string of the molecule is COc1cc2c(Oc3ccc(NC(=O)C4(C(=O)Nc5ccc(F)cc5)CC4)cc3F)ccnc2cc1OCc1cccc(CCF)c1. The molecule has 1 aliphatic rings. The van der Waals surface area contributed by atoms with Crippen LogP contribution < -0.4 is 24.8 Å². The molecular weight excluding hydrogens is 611 g/mol. The van der Waals surface area contributed by atoms with Crippen molar-refractivity contribution in [2.45, 2.75) is 25.9 Å². The van der Waals surface area contributed by atoms with E-state index in [1.165, 1.54) is 49.7 Å². The summed E-state index contributed by atoms with van der Waals surface area (Å²) in [5.41, 5.74) is 1.49. The number of pyridine rings is 1. The van der Waals surface area contributed by atoms with Gasteiger partial charge in [0.15, 0.2) is 23.1 Å². The van der Waals surface area contributed by atoms with Crippen LogP contribution >= 0.6 is 0 Å². The number of carbonyl (C=O) groups excluding carboxylic acids is 2. The molecule has 11 heteroatoms. The molecule has 1 heterocycles. The van der Waals surface area contributed by atoms with Gasteiger partial charge in [0, 0.05) is 41.5 Å². The molecule has 0 unspecified atom stereocenters. The van der Waals surface area contributed by atoms with Gasteiger partial charge in [-0.1, -0.05) is 24.3 Å². The standard InChI is InChI=1S/C36H30F3N3O5/c1-45-32-19-27-29(20-33(32)46-21-23-4-2-3-22(17-23)11-15-37)40-16-12-30(27)47-31-10-9-26(18-28(31)39)42-35(44)36(13-14-36)34(43)41-25-7-5-24(38)6-8-25/h2-10,12,16-20H,11,13-15,21H2,1H3,(H,41,43)(H,42,44). The van der Waals surface area contributed by atoms with E-state index >= 15 is 4.39 Å². The van der Waals surface area contributed by atoms with Gasteiger partial charge in [0.2, 0.25) is 11.8 Å². The van der Waals surface area contributed by atoms with Gasteiger partial charge in [-0.2, -0.15) is 0 Å². The Kier molecular flexibility index (Phi) is 8.97. The van der Waals surface area contributed by atoms with E-state index in [1.54, 1.807) is 18.2 Å². The number of carbonyl (C=O) groups is 2. The van der Waals surface area contributed by atoms with Crippen molar-refractivity contribution in [1.82, 2.24) is 4.98 Å². The molecule has 2 N–H and O–H groups in total. The van der Waals surface area contributed by atoms with E-state index in [2.05, 4.69) is 15.6 Å². The van der Waals surface area contributed by atoms with Crippen LogP contribution in [0.25, 0.3) is 10.9 Å². The second-order valence-corrected chi connectivity index (χ2v) is 11.1. The molecule has 0 atom stereocenters. The Morgan fingerprint density at radius 1 is 0.809 bits per heavy atom. The fourth-order valence-corrected chi connectivity index (χ4v) is 5.13. The van der Waals surface area contributed by atoms with Gasteiger partial charge in [0.1, 0.15) is 23.6 Å². The first-order valence-electron chi connectivity index (χ1n) is 14.9. The number of rotatable bonds is 12. The summed E-state index contributed by atoms with van der Waals surface area (Å²) in [5.74, 6) is -1.21. The number of aromatic nitrogens is 1. The number of ether oxygens (including phenoxy) is 3. The lowest BCUT2D eigenvalue weighted by Gasteiger charge is -2.16. The van der Waals surface area contributed by atoms with E-state index in [9.17, 15) is 18.4 Å². The van der Waals surface area contributed by atoms with Crippen LogP contribution in [0.3, 0.4) is 0 Å². The molecule has 1 aliphatic carbocycles. The first-order chi connectivity index (χ1) is 22.8. The molecular formula is C36H30F3N3O5. The van der Waals surface area contributed by atoms with Crippen LogP contribution in [-0.4, -0.2) is 30.6 Å². The second-order valence-electron chi connectivity index (χ2n) is 11.1. The average molecular weight is 642 g/mol. The van der Waals surface area contributed by atoms with Gasteiger partial charge in [-0.05, 0) is 72.5 Å². The molecule has 1 aromatic heterocycles. The molecule has 0 aliphatic heterocycles. The number of amides is 2. The van der Waals surface area contributed by atoms with E-state index in [-0.39, 0.29) is 18.0 Å². The molecule has 0 saturated heterocycles. The summed E-state index contributed by atoms with van der Waals surface area (Å²) in [6.45, 7) is -0.211. The van der Waals surface area contributed by atoms with Crippen molar-refractivity contribution < 1.29 is 37.0 Å². The van der Waals surface area contributed by atoms with Crippen LogP contribution in [0.5, 0.6) is 23.0 Å². The molecule has 1 fully saturated rings. The molecule has 0 spiro atoms. The van der Waals surface area contributed by atoms with Crippen LogP contribution in [0.15, 0.2) is 91.1 Å². The summed E-state index contributed by atoms with van der Waals surface area (Å²) in [6.07, 6.45) is 2.51. The van der Waals surface area contributed by atoms with Crippen LogP contribution in [-0.2, 0) is 22.6 Å². The molecule has 2 amide bonds. The number of methoxy groups -OCH3 is 1. The molecule has 5 aromatic rings. The maximum atomic E-state index is 15.3. The highest BCUT2D eigenvalue weighted by Gasteiger charge is 2.56. The zero-order valence-corrected chi connectivity index (χ0v) is 25.3. The summed E-state index contributed by atoms with van der Waals surface area (Å²) in [6, 6.07) is 21.7. The number of halogens is 3. The molecule has 6 rings (SSSR count). The second kappa shape index (κ2) is 13.4. The number of alkyl halides is 1. The normalized spacial score (nSPS) is 13.1. The fourth-order valence-electron chi connectivity index (χ4n) is 5.13. The van der Waals surface area contributed by atoms with Gasteiger partial charge < -0.3 is 24.8 Å². The van der Waals surface area contributed by atoms with Crippen molar-refractivity contribution in [2.24, 2.45) is 5.41 Å². The number of benzene rings is 4. The minimum absolute atomic E-state index is 0.0989. The third kappa shape index (κ3) is 6.99. The van der Waals surface area contributed by atoms with Crippen molar-refractivity contribution in [3.63, 3.8) is 0 Å². The Hall–Kier alpha value is -5.58. The van der Waals surface area contributed by atoms with Gasteiger partial charge in [0.25, 0.3) is 0 Å². The third-order valence-corrected chi connectivity index (χ3v) is 7.89. The summed E-state index contributed by atoms with van der Waals surface area (Å²) >= 11 is 0. The van der Waals surface area contributed by atoms with Crippen LogP contribution in [0.4, 0.5) is 24.5 Å². The predicted octanol–water partition coefficient (Wildman–Crippen LogP) is 7.76. The van der Waals surface area contributed by atoms with E-state index in [4.69, 9.17) is 14.2 Å². The average Bonchev–Trinajstić information content (AvgIpc) is 3.89. The number of hydrogen-bond acceptors (Lipinski definition) is 6. The maximum Gasteiger partial charge on any atom is 0.240 e. The zero-order chi connectivity index (χ0) is 33.0.